The van der Waals surface area contributed by atoms with Gasteiger partial charge in [0.15, 0.2) is 0 Å². The van der Waals surface area contributed by atoms with Crippen LogP contribution in [0.1, 0.15) is 0 Å². The van der Waals surface area contributed by atoms with Gasteiger partial charge in [0.25, 0.3) is 5.69 Å². The number of ether oxygens (including phenoxy) is 1. The third-order valence-electron chi connectivity index (χ3n) is 2.12. The highest BCUT2D eigenvalue weighted by atomic mass is 35.5. The van der Waals surface area contributed by atoms with Crippen LogP contribution in [0.25, 0.3) is 0 Å². The van der Waals surface area contributed by atoms with E-state index in [0.29, 0.717) is 10.8 Å². The fraction of sp³-hybridized carbons (Fsp3) is 0. The van der Waals surface area contributed by atoms with Gasteiger partial charge in [-0.25, -0.2) is 4.39 Å². The maximum absolute atomic E-state index is 13.1. The average molecular weight is 268 g/mol. The van der Waals surface area contributed by atoms with Gasteiger partial charge >= 0.3 is 0 Å². The summed E-state index contributed by atoms with van der Waals surface area (Å²) in [6.07, 6.45) is 0. The van der Waals surface area contributed by atoms with Crippen molar-refractivity contribution in [1.82, 2.24) is 0 Å². The Labute approximate surface area is 107 Å². The topological polar surface area (TPSA) is 52.4 Å². The Morgan fingerprint density at radius 1 is 1.11 bits per heavy atom. The van der Waals surface area contributed by atoms with E-state index in [2.05, 4.69) is 0 Å². The number of halogens is 2. The van der Waals surface area contributed by atoms with Crippen LogP contribution in [-0.2, 0) is 0 Å². The number of nitro benzene ring substituents is 1. The van der Waals surface area contributed by atoms with E-state index >= 15 is 0 Å². The first-order valence-electron chi connectivity index (χ1n) is 4.93. The van der Waals surface area contributed by atoms with Crippen LogP contribution in [0.2, 0.25) is 5.02 Å². The van der Waals surface area contributed by atoms with Crippen molar-refractivity contribution in [2.75, 3.05) is 0 Å². The smallest absolute Gasteiger partial charge is 0.276 e. The molecule has 0 atom stereocenters. The lowest BCUT2D eigenvalue weighted by Crippen LogP contribution is -1.91. The SMILES string of the molecule is O=[N+]([O-])c1cc(F)cc(Oc2ccc(Cl)cc2)c1. The molecule has 0 aliphatic heterocycles. The minimum atomic E-state index is -0.729. The van der Waals surface area contributed by atoms with Gasteiger partial charge in [-0.05, 0) is 24.3 Å². The summed E-state index contributed by atoms with van der Waals surface area (Å²) in [4.78, 5) is 9.89. The zero-order valence-electron chi connectivity index (χ0n) is 8.97. The molecule has 0 aromatic heterocycles. The summed E-state index contributed by atoms with van der Waals surface area (Å²) in [6.45, 7) is 0. The van der Waals surface area contributed by atoms with Crippen LogP contribution < -0.4 is 4.74 Å². The molecule has 0 radical (unpaired) electrons. The summed E-state index contributed by atoms with van der Waals surface area (Å²) in [7, 11) is 0. The van der Waals surface area contributed by atoms with Gasteiger partial charge in [-0.15, -0.1) is 0 Å². The molecule has 4 nitrogen and oxygen atoms in total. The van der Waals surface area contributed by atoms with E-state index in [1.54, 1.807) is 24.3 Å². The third-order valence-corrected chi connectivity index (χ3v) is 2.37. The Morgan fingerprint density at radius 3 is 2.39 bits per heavy atom. The van der Waals surface area contributed by atoms with Gasteiger partial charge < -0.3 is 4.74 Å². The average Bonchev–Trinajstić information content (AvgIpc) is 2.31. The minimum absolute atomic E-state index is 0.0593. The van der Waals surface area contributed by atoms with E-state index in [1.807, 2.05) is 0 Å². The number of nitro groups is 1. The quantitative estimate of drug-likeness (QED) is 0.619. The Morgan fingerprint density at radius 2 is 1.78 bits per heavy atom. The fourth-order valence-electron chi connectivity index (χ4n) is 1.35. The molecule has 0 bridgehead atoms. The van der Waals surface area contributed by atoms with Gasteiger partial charge in [0.05, 0.1) is 17.1 Å². The maximum atomic E-state index is 13.1. The van der Waals surface area contributed by atoms with Crippen LogP contribution in [0.3, 0.4) is 0 Å². The number of hydrogen-bond donors (Lipinski definition) is 0. The molecule has 0 aliphatic rings. The second-order valence-electron chi connectivity index (χ2n) is 3.46. The molecule has 0 spiro atoms. The normalized spacial score (nSPS) is 10.1. The molecule has 0 unspecified atom stereocenters. The van der Waals surface area contributed by atoms with Crippen LogP contribution in [0.5, 0.6) is 11.5 Å². The summed E-state index contributed by atoms with van der Waals surface area (Å²) >= 11 is 5.70. The highest BCUT2D eigenvalue weighted by molar-refractivity contribution is 6.30. The molecule has 0 heterocycles. The molecule has 0 fully saturated rings. The second-order valence-corrected chi connectivity index (χ2v) is 3.89. The van der Waals surface area contributed by atoms with E-state index in [9.17, 15) is 14.5 Å². The van der Waals surface area contributed by atoms with Crippen LogP contribution >= 0.6 is 11.6 Å². The van der Waals surface area contributed by atoms with Gasteiger partial charge in [-0.1, -0.05) is 11.6 Å². The Hall–Kier alpha value is -2.14. The number of benzene rings is 2. The van der Waals surface area contributed by atoms with Crippen molar-refractivity contribution < 1.29 is 14.1 Å². The predicted molar refractivity (Wildman–Crippen MR) is 64.6 cm³/mol. The Kier molecular flexibility index (Phi) is 3.43. The molecule has 2 aromatic rings. The van der Waals surface area contributed by atoms with Gasteiger partial charge in [-0.2, -0.15) is 0 Å². The summed E-state index contributed by atoms with van der Waals surface area (Å²) in [5, 5.41) is 11.1. The zero-order valence-corrected chi connectivity index (χ0v) is 9.73. The van der Waals surface area contributed by atoms with Crippen molar-refractivity contribution in [2.45, 2.75) is 0 Å². The maximum Gasteiger partial charge on any atom is 0.276 e. The molecule has 0 saturated heterocycles. The van der Waals surface area contributed by atoms with Crippen LogP contribution in [-0.4, -0.2) is 4.92 Å². The Bertz CT molecular complexity index is 586. The molecule has 18 heavy (non-hydrogen) atoms. The van der Waals surface area contributed by atoms with Crippen molar-refractivity contribution in [3.05, 3.63) is 63.4 Å². The summed E-state index contributed by atoms with van der Waals surface area (Å²) in [6, 6.07) is 9.42. The van der Waals surface area contributed by atoms with E-state index in [1.165, 1.54) is 0 Å². The molecule has 6 heteroatoms. The number of hydrogen-bond acceptors (Lipinski definition) is 3. The van der Waals surface area contributed by atoms with Crippen LogP contribution in [0, 0.1) is 15.9 Å². The van der Waals surface area contributed by atoms with E-state index in [0.717, 1.165) is 18.2 Å². The largest absolute Gasteiger partial charge is 0.457 e. The lowest BCUT2D eigenvalue weighted by atomic mass is 10.3. The number of non-ortho nitro benzene ring substituents is 1. The first-order chi connectivity index (χ1) is 8.54. The monoisotopic (exact) mass is 267 g/mol. The van der Waals surface area contributed by atoms with E-state index in [4.69, 9.17) is 16.3 Å². The Balaban J connectivity index is 2.28. The summed E-state index contributed by atoms with van der Waals surface area (Å²) in [5.74, 6) is -0.253. The number of nitrogens with zero attached hydrogens (tertiary/aromatic N) is 1. The van der Waals surface area contributed by atoms with E-state index in [-0.39, 0.29) is 11.4 Å². The standard InChI is InChI=1S/C12H7ClFNO3/c13-8-1-3-11(4-2-8)18-12-6-9(14)5-10(7-12)15(16)17/h1-7H. The summed E-state index contributed by atoms with van der Waals surface area (Å²) < 4.78 is 18.5. The van der Waals surface area contributed by atoms with Crippen molar-refractivity contribution in [3.63, 3.8) is 0 Å². The minimum Gasteiger partial charge on any atom is -0.457 e. The highest BCUT2D eigenvalue weighted by Crippen LogP contribution is 2.27. The lowest BCUT2D eigenvalue weighted by Gasteiger charge is -2.05. The first kappa shape index (κ1) is 12.3. The molecule has 92 valence electrons. The third kappa shape index (κ3) is 2.95. The van der Waals surface area contributed by atoms with Crippen LogP contribution in [0.4, 0.5) is 10.1 Å². The van der Waals surface area contributed by atoms with E-state index < -0.39 is 10.7 Å². The van der Waals surface area contributed by atoms with Crippen molar-refractivity contribution in [2.24, 2.45) is 0 Å². The van der Waals surface area contributed by atoms with Gasteiger partial charge in [0.2, 0.25) is 0 Å². The first-order valence-corrected chi connectivity index (χ1v) is 5.31. The molecule has 0 aliphatic carbocycles. The molecule has 0 saturated carbocycles. The van der Waals surface area contributed by atoms with Crippen molar-refractivity contribution in [1.29, 1.82) is 0 Å². The molecule has 0 N–H and O–H groups in total. The second kappa shape index (κ2) is 5.01. The van der Waals surface area contributed by atoms with Crippen molar-refractivity contribution in [3.8, 4) is 11.5 Å². The molecular weight excluding hydrogens is 261 g/mol. The zero-order chi connectivity index (χ0) is 13.1. The lowest BCUT2D eigenvalue weighted by molar-refractivity contribution is -0.385. The fourth-order valence-corrected chi connectivity index (χ4v) is 1.48. The van der Waals surface area contributed by atoms with Gasteiger partial charge in [0.1, 0.15) is 17.3 Å². The van der Waals surface area contributed by atoms with Gasteiger partial charge in [-0.3, -0.25) is 10.1 Å². The predicted octanol–water partition coefficient (Wildman–Crippen LogP) is 4.18. The molecule has 2 aromatic carbocycles. The van der Waals surface area contributed by atoms with Crippen molar-refractivity contribution >= 4 is 17.3 Å². The summed E-state index contributed by atoms with van der Waals surface area (Å²) in [5.41, 5.74) is -0.362. The molecule has 2 rings (SSSR count). The number of rotatable bonds is 3. The van der Waals surface area contributed by atoms with Gasteiger partial charge in [0, 0.05) is 11.1 Å². The molecular formula is C12H7ClFNO3. The highest BCUT2D eigenvalue weighted by Gasteiger charge is 2.11. The molecule has 0 amide bonds. The van der Waals surface area contributed by atoms with Crippen LogP contribution in [0.15, 0.2) is 42.5 Å².